The van der Waals surface area contributed by atoms with Crippen LogP contribution in [0.4, 0.5) is 0 Å². The zero-order valence-electron chi connectivity index (χ0n) is 48.6. The molecule has 10 fully saturated rings. The SMILES string of the molecule is CC(=O)O[C@@]12CCc3cc(c(O)c4c3[C@@H]3CC[C@]5(CCC[C@H]5C3)O4)CN3C[C@]4(CC3=O)[C@@H](c3ccccc3)CC[C@@]43C#CC[C@@H]4CC[C@@]5(CCC[C@@]5(NC(N)=NC3)SSC[C@@H]3CC[C@@H](C[C@]35CCCC53CCCC3)[C@@H](CC1)[C@H](O)C2)C4. The minimum atomic E-state index is -0.800. The van der Waals surface area contributed by atoms with Crippen molar-refractivity contribution >= 4 is 39.4 Å². The normalized spacial score (nSPS) is 44.0. The zero-order valence-corrected chi connectivity index (χ0v) is 50.3. The lowest BCUT2D eigenvalue weighted by Crippen LogP contribution is -2.56. The highest BCUT2D eigenvalue weighted by molar-refractivity contribution is 8.77. The number of hydrogen-bond donors (Lipinski definition) is 4. The van der Waals surface area contributed by atoms with Crippen molar-refractivity contribution in [1.82, 2.24) is 10.2 Å². The van der Waals surface area contributed by atoms with Crippen molar-refractivity contribution in [3.63, 3.8) is 0 Å². The first-order valence-corrected chi connectivity index (χ1v) is 35.2. The van der Waals surface area contributed by atoms with E-state index in [9.17, 15) is 15.0 Å². The van der Waals surface area contributed by atoms with Crippen LogP contribution in [0.25, 0.3) is 0 Å². The second-order valence-electron chi connectivity index (χ2n) is 29.9. The molecule has 0 unspecified atom stereocenters. The number of esters is 1. The number of guanidine groups is 1. The fourth-order valence-corrected chi connectivity index (χ4v) is 27.0. The van der Waals surface area contributed by atoms with Crippen molar-refractivity contribution < 1.29 is 29.3 Å². The van der Waals surface area contributed by atoms with Gasteiger partial charge in [0.25, 0.3) is 0 Å². The van der Waals surface area contributed by atoms with Crippen LogP contribution in [0.15, 0.2) is 41.4 Å². The maximum atomic E-state index is 15.4. The number of carbonyl (C=O) groups excluding carboxylic acids is 2. The molecule has 0 aromatic heterocycles. The van der Waals surface area contributed by atoms with Crippen molar-refractivity contribution in [2.75, 3.05) is 18.8 Å². The van der Waals surface area contributed by atoms with Gasteiger partial charge in [-0.25, -0.2) is 0 Å². The van der Waals surface area contributed by atoms with E-state index in [-0.39, 0.29) is 63.2 Å². The molecule has 9 saturated carbocycles. The number of nitrogens with one attached hydrogen (secondary N) is 1. The molecule has 14 bridgehead atoms. The Morgan fingerprint density at radius 3 is 2.53 bits per heavy atom. The first-order chi connectivity index (χ1) is 39.2. The Morgan fingerprint density at radius 1 is 0.840 bits per heavy atom. The lowest BCUT2D eigenvalue weighted by atomic mass is 9.50. The van der Waals surface area contributed by atoms with Gasteiger partial charge in [-0.15, -0.1) is 5.92 Å². The molecule has 10 nitrogen and oxygen atoms in total. The van der Waals surface area contributed by atoms with Crippen LogP contribution in [-0.4, -0.2) is 74.0 Å². The molecule has 436 valence electrons. The Labute approximate surface area is 491 Å². The number of ether oxygens (including phenoxy) is 2. The summed E-state index contributed by atoms with van der Waals surface area (Å²) < 4.78 is 14.0. The van der Waals surface area contributed by atoms with Crippen LogP contribution in [0.2, 0.25) is 0 Å². The summed E-state index contributed by atoms with van der Waals surface area (Å²) in [5, 5.41) is 29.8. The quantitative estimate of drug-likeness (QED) is 0.130. The zero-order chi connectivity index (χ0) is 55.0. The Kier molecular flexibility index (Phi) is 13.4. The number of benzene rings is 2. The smallest absolute Gasteiger partial charge is 0.303 e. The number of aliphatic hydroxyl groups excluding tert-OH is 1. The number of hydrogen-bond acceptors (Lipinski definition) is 11. The van der Waals surface area contributed by atoms with E-state index in [2.05, 4.69) is 75.1 Å². The van der Waals surface area contributed by atoms with Crippen LogP contribution in [0.1, 0.15) is 234 Å². The Hall–Kier alpha value is -3.53. The van der Waals surface area contributed by atoms with E-state index in [1.165, 1.54) is 89.0 Å². The molecule has 9 aliphatic carbocycles. The largest absolute Gasteiger partial charge is 0.504 e. The molecule has 7 aliphatic heterocycles. The minimum absolute atomic E-state index is 0.0800. The van der Waals surface area contributed by atoms with E-state index in [4.69, 9.17) is 20.2 Å². The van der Waals surface area contributed by atoms with Gasteiger partial charge in [0.05, 0.1) is 18.1 Å². The number of carbonyl (C=O) groups is 2. The van der Waals surface area contributed by atoms with Gasteiger partial charge in [0.15, 0.2) is 17.5 Å². The van der Waals surface area contributed by atoms with Gasteiger partial charge in [-0.2, -0.15) is 0 Å². The molecule has 2 aromatic rings. The summed E-state index contributed by atoms with van der Waals surface area (Å²) in [5.74, 6) is 12.9. The van der Waals surface area contributed by atoms with Crippen molar-refractivity contribution in [1.29, 1.82) is 0 Å². The molecule has 15 atom stereocenters. The van der Waals surface area contributed by atoms with Crippen LogP contribution < -0.4 is 15.8 Å². The van der Waals surface area contributed by atoms with Gasteiger partial charge < -0.3 is 35.6 Å². The van der Waals surface area contributed by atoms with Gasteiger partial charge in [0, 0.05) is 67.0 Å². The standard InChI is InChI=1S/C69H92N4O6S2/c1-45(74)78-65-32-18-48-35-51(59(77)60-58(48)49-19-34-68(79-60)28-8-14-52(68)36-49)41-73-44-67(40-57(73)76)55(47-12-3-2-4-13-47)21-31-64(67)24-7-11-46-17-30-63(37-46)26-10-29-69(63,72-61(70)71-43-64)81-80-42-53-16-15-50(54(20-33-65)56(75)39-65)38-66(53)27-9-25-62(66)22-5-6-23-62/h2-4,12-13,35,46,49-50,52-56,75,77H,5-6,8-11,14-23,25-34,36-44H2,1H3,(H3,70,71,72)/t46-,49-,50+,52+,53+,54-,55-,56-,63+,64-,65+,66-,67-,68+,69-/m1/s1. The summed E-state index contributed by atoms with van der Waals surface area (Å²) in [7, 11) is 4.29. The third-order valence-corrected chi connectivity index (χ3v) is 30.0. The predicted octanol–water partition coefficient (Wildman–Crippen LogP) is 13.8. The summed E-state index contributed by atoms with van der Waals surface area (Å²) in [6.07, 6.45) is 32.1. The van der Waals surface area contributed by atoms with Gasteiger partial charge in [-0.3, -0.25) is 14.6 Å². The molecule has 7 spiro atoms. The molecule has 5 N–H and O–H groups in total. The first-order valence-electron chi connectivity index (χ1n) is 32.9. The van der Waals surface area contributed by atoms with Crippen LogP contribution >= 0.6 is 21.6 Å². The van der Waals surface area contributed by atoms with Crippen LogP contribution in [-0.2, 0) is 27.3 Å². The molecule has 7 heterocycles. The maximum absolute atomic E-state index is 15.4. The number of aliphatic imine (C=N–C) groups is 1. The predicted molar refractivity (Wildman–Crippen MR) is 321 cm³/mol. The van der Waals surface area contributed by atoms with E-state index in [0.717, 1.165) is 112 Å². The van der Waals surface area contributed by atoms with E-state index in [1.54, 1.807) is 6.92 Å². The molecule has 0 radical (unpaired) electrons. The summed E-state index contributed by atoms with van der Waals surface area (Å²) in [5.41, 5.74) is 10.2. The molecule has 1 amide bonds. The fraction of sp³-hybridized carbons (Fsp3) is 0.754. The first kappa shape index (κ1) is 54.1. The van der Waals surface area contributed by atoms with Crippen molar-refractivity contribution in [2.24, 2.45) is 67.4 Å². The van der Waals surface area contributed by atoms with Gasteiger partial charge in [-0.05, 0) is 230 Å². The van der Waals surface area contributed by atoms with Gasteiger partial charge >= 0.3 is 5.97 Å². The molecule has 12 heteroatoms. The third-order valence-electron chi connectivity index (χ3n) is 26.7. The van der Waals surface area contributed by atoms with Crippen LogP contribution in [0.5, 0.6) is 11.5 Å². The van der Waals surface area contributed by atoms with Gasteiger partial charge in [-0.1, -0.05) is 77.1 Å². The summed E-state index contributed by atoms with van der Waals surface area (Å²) in [6, 6.07) is 13.1. The van der Waals surface area contributed by atoms with E-state index < -0.39 is 22.5 Å². The number of aromatic hydroxyl groups is 1. The lowest BCUT2D eigenvalue weighted by molar-refractivity contribution is -0.172. The molecular weight excluding hydrogens is 1040 g/mol. The third kappa shape index (κ3) is 8.42. The average Bonchev–Trinajstić information content (AvgIpc) is 4.33. The fourth-order valence-electron chi connectivity index (χ4n) is 23.0. The van der Waals surface area contributed by atoms with E-state index in [1.807, 2.05) is 4.90 Å². The number of rotatable bonds is 2. The number of nitrogens with two attached hydrogens (primary N) is 1. The molecule has 18 rings (SSSR count). The summed E-state index contributed by atoms with van der Waals surface area (Å²) in [4.78, 5) is 36.1. The summed E-state index contributed by atoms with van der Waals surface area (Å²) in [6.45, 7) is 2.76. The number of fused-ring (bicyclic) bond motifs is 3. The number of nitrogens with zero attached hydrogens (tertiary/aromatic N) is 2. The maximum Gasteiger partial charge on any atom is 0.303 e. The second kappa shape index (κ2) is 20.0. The molecule has 16 aliphatic rings. The molecule has 2 aromatic carbocycles. The number of aryl methyl sites for hydroxylation is 1. The van der Waals surface area contributed by atoms with E-state index in [0.29, 0.717) is 79.6 Å². The molecule has 1 saturated heterocycles. The van der Waals surface area contributed by atoms with Crippen LogP contribution in [0.3, 0.4) is 0 Å². The number of aliphatic hydroxyl groups is 1. The highest BCUT2D eigenvalue weighted by Crippen LogP contribution is 2.72. The molecular formula is C69H92N4O6S2. The second-order valence-corrected chi connectivity index (χ2v) is 32.6. The van der Waals surface area contributed by atoms with Crippen molar-refractivity contribution in [2.45, 2.75) is 247 Å². The van der Waals surface area contributed by atoms with Crippen molar-refractivity contribution in [3.8, 4) is 23.3 Å². The van der Waals surface area contributed by atoms with Gasteiger partial charge in [0.1, 0.15) is 16.1 Å². The topological polar surface area (TPSA) is 147 Å². The Bertz CT molecular complexity index is 2910. The Balaban J connectivity index is 0.861. The van der Waals surface area contributed by atoms with E-state index >= 15 is 4.79 Å². The Morgan fingerprint density at radius 2 is 1.68 bits per heavy atom. The number of amides is 1. The monoisotopic (exact) mass is 1140 g/mol. The molecule has 81 heavy (non-hydrogen) atoms. The number of phenols is 1. The van der Waals surface area contributed by atoms with Gasteiger partial charge in [0.2, 0.25) is 5.91 Å². The van der Waals surface area contributed by atoms with Crippen molar-refractivity contribution in [3.05, 3.63) is 58.7 Å². The minimum Gasteiger partial charge on any atom is -0.504 e. The number of phenolic OH excluding ortho intramolecular Hbond substituents is 1. The lowest BCUT2D eigenvalue weighted by Gasteiger charge is -2.56. The summed E-state index contributed by atoms with van der Waals surface area (Å²) >= 11 is 0. The highest BCUT2D eigenvalue weighted by atomic mass is 33.1. The highest BCUT2D eigenvalue weighted by Gasteiger charge is 2.66. The van der Waals surface area contributed by atoms with Crippen LogP contribution in [0, 0.1) is 68.5 Å². The average molecular weight is 1140 g/mol.